The van der Waals surface area contributed by atoms with E-state index in [9.17, 15) is 4.79 Å². The van der Waals surface area contributed by atoms with Crippen LogP contribution in [0.15, 0.2) is 23.3 Å². The van der Waals surface area contributed by atoms with Crippen LogP contribution in [-0.2, 0) is 0 Å². The second-order valence-electron chi connectivity index (χ2n) is 5.68. The zero-order valence-corrected chi connectivity index (χ0v) is 13.0. The first-order valence-corrected chi connectivity index (χ1v) is 7.07. The van der Waals surface area contributed by atoms with Crippen molar-refractivity contribution in [1.82, 2.24) is 14.5 Å². The molecule has 0 radical (unpaired) electrons. The summed E-state index contributed by atoms with van der Waals surface area (Å²) in [6.07, 6.45) is 2.62. The van der Waals surface area contributed by atoms with Crippen molar-refractivity contribution in [3.8, 4) is 0 Å². The Kier molecular flexibility index (Phi) is 4.23. The number of hydrogen-bond donors (Lipinski definition) is 0. The van der Waals surface area contributed by atoms with Gasteiger partial charge in [0, 0.05) is 6.54 Å². The molecule has 0 bridgehead atoms. The quantitative estimate of drug-likeness (QED) is 0.859. The SMILES string of the molecule is CC[C@H](CN(C)C)n1cnc2c(C)c(C)ccc2c1=O. The fraction of sp³-hybridized carbons (Fsp3) is 0.500. The molecule has 0 amide bonds. The van der Waals surface area contributed by atoms with Gasteiger partial charge in [0.25, 0.3) is 5.56 Å². The van der Waals surface area contributed by atoms with E-state index in [4.69, 9.17) is 0 Å². The largest absolute Gasteiger partial charge is 0.307 e. The highest BCUT2D eigenvalue weighted by Gasteiger charge is 2.14. The summed E-state index contributed by atoms with van der Waals surface area (Å²) in [5, 5.41) is 0.716. The van der Waals surface area contributed by atoms with Crippen LogP contribution in [0.3, 0.4) is 0 Å². The third kappa shape index (κ3) is 2.61. The molecule has 0 fully saturated rings. The summed E-state index contributed by atoms with van der Waals surface area (Å²) in [6.45, 7) is 7.01. The lowest BCUT2D eigenvalue weighted by atomic mass is 10.1. The molecule has 0 N–H and O–H groups in total. The van der Waals surface area contributed by atoms with Crippen LogP contribution in [0.25, 0.3) is 10.9 Å². The fourth-order valence-electron chi connectivity index (χ4n) is 2.55. The van der Waals surface area contributed by atoms with Crippen LogP contribution in [0, 0.1) is 13.8 Å². The number of benzene rings is 1. The summed E-state index contributed by atoms with van der Waals surface area (Å²) in [5.41, 5.74) is 3.15. The molecule has 0 aliphatic rings. The number of likely N-dealkylation sites (N-methyl/N-ethyl adjacent to an activating group) is 1. The van der Waals surface area contributed by atoms with Crippen molar-refractivity contribution < 1.29 is 0 Å². The molecule has 1 heterocycles. The van der Waals surface area contributed by atoms with E-state index in [0.29, 0.717) is 5.39 Å². The van der Waals surface area contributed by atoms with Gasteiger partial charge in [0.2, 0.25) is 0 Å². The monoisotopic (exact) mass is 273 g/mol. The lowest BCUT2D eigenvalue weighted by molar-refractivity contribution is 0.311. The normalized spacial score (nSPS) is 13.1. The van der Waals surface area contributed by atoms with Gasteiger partial charge in [-0.3, -0.25) is 9.36 Å². The van der Waals surface area contributed by atoms with Gasteiger partial charge in [0.05, 0.1) is 23.3 Å². The molecule has 0 aliphatic carbocycles. The summed E-state index contributed by atoms with van der Waals surface area (Å²) in [5.74, 6) is 0. The summed E-state index contributed by atoms with van der Waals surface area (Å²) in [4.78, 5) is 19.3. The highest BCUT2D eigenvalue weighted by molar-refractivity contribution is 5.81. The van der Waals surface area contributed by atoms with Crippen LogP contribution < -0.4 is 5.56 Å². The minimum Gasteiger partial charge on any atom is -0.307 e. The first kappa shape index (κ1) is 14.7. The molecule has 0 aliphatic heterocycles. The van der Waals surface area contributed by atoms with Crippen LogP contribution in [-0.4, -0.2) is 35.1 Å². The summed E-state index contributed by atoms with van der Waals surface area (Å²) >= 11 is 0. The van der Waals surface area contributed by atoms with Crippen LogP contribution in [0.1, 0.15) is 30.5 Å². The molecule has 0 saturated carbocycles. The third-order valence-electron chi connectivity index (χ3n) is 3.92. The van der Waals surface area contributed by atoms with Gasteiger partial charge in [-0.1, -0.05) is 13.0 Å². The minimum absolute atomic E-state index is 0.0619. The topological polar surface area (TPSA) is 38.1 Å². The Morgan fingerprint density at radius 3 is 2.60 bits per heavy atom. The van der Waals surface area contributed by atoms with Gasteiger partial charge in [-0.05, 0) is 51.6 Å². The third-order valence-corrected chi connectivity index (χ3v) is 3.92. The van der Waals surface area contributed by atoms with Crippen LogP contribution >= 0.6 is 0 Å². The number of aryl methyl sites for hydroxylation is 2. The molecule has 2 aromatic rings. The van der Waals surface area contributed by atoms with Crippen LogP contribution in [0.2, 0.25) is 0 Å². The highest BCUT2D eigenvalue weighted by atomic mass is 16.1. The van der Waals surface area contributed by atoms with E-state index in [1.54, 1.807) is 10.9 Å². The van der Waals surface area contributed by atoms with Crippen molar-refractivity contribution in [3.05, 3.63) is 39.9 Å². The fourth-order valence-corrected chi connectivity index (χ4v) is 2.55. The van der Waals surface area contributed by atoms with Crippen molar-refractivity contribution in [2.24, 2.45) is 0 Å². The maximum atomic E-state index is 12.7. The summed E-state index contributed by atoms with van der Waals surface area (Å²) < 4.78 is 1.77. The Morgan fingerprint density at radius 2 is 2.00 bits per heavy atom. The highest BCUT2D eigenvalue weighted by Crippen LogP contribution is 2.18. The standard InChI is InChI=1S/C16H23N3O/c1-6-13(9-18(4)5)19-10-17-15-12(3)11(2)7-8-14(15)16(19)20/h7-8,10,13H,6,9H2,1-5H3/t13-/m1/s1. The van der Waals surface area contributed by atoms with Gasteiger partial charge in [-0.25, -0.2) is 4.98 Å². The molecule has 1 aromatic heterocycles. The summed E-state index contributed by atoms with van der Waals surface area (Å²) in [6, 6.07) is 4.06. The first-order chi connectivity index (χ1) is 9.45. The Labute approximate surface area is 120 Å². The lowest BCUT2D eigenvalue weighted by Crippen LogP contribution is -2.31. The molecule has 0 unspecified atom stereocenters. The Morgan fingerprint density at radius 1 is 1.30 bits per heavy atom. The second kappa shape index (κ2) is 5.75. The van der Waals surface area contributed by atoms with E-state index in [1.807, 2.05) is 40.1 Å². The molecule has 0 spiro atoms. The second-order valence-corrected chi connectivity index (χ2v) is 5.68. The van der Waals surface area contributed by atoms with Crippen molar-refractivity contribution in [3.63, 3.8) is 0 Å². The molecular weight excluding hydrogens is 250 g/mol. The zero-order chi connectivity index (χ0) is 14.9. The molecule has 20 heavy (non-hydrogen) atoms. The van der Waals surface area contributed by atoms with E-state index in [1.165, 1.54) is 5.56 Å². The van der Waals surface area contributed by atoms with Crippen molar-refractivity contribution in [2.45, 2.75) is 33.2 Å². The molecule has 1 aromatic carbocycles. The Balaban J connectivity index is 2.60. The van der Waals surface area contributed by atoms with E-state index in [2.05, 4.69) is 16.8 Å². The number of rotatable bonds is 4. The van der Waals surface area contributed by atoms with Crippen molar-refractivity contribution in [1.29, 1.82) is 0 Å². The molecule has 1 atom stereocenters. The smallest absolute Gasteiger partial charge is 0.261 e. The van der Waals surface area contributed by atoms with Gasteiger partial charge in [-0.2, -0.15) is 0 Å². The molecule has 108 valence electrons. The van der Waals surface area contributed by atoms with E-state index in [0.717, 1.165) is 24.0 Å². The predicted octanol–water partition coefficient (Wildman–Crippen LogP) is 2.53. The Hall–Kier alpha value is -1.68. The van der Waals surface area contributed by atoms with Crippen LogP contribution in [0.4, 0.5) is 0 Å². The van der Waals surface area contributed by atoms with Crippen LogP contribution in [0.5, 0.6) is 0 Å². The van der Waals surface area contributed by atoms with Gasteiger partial charge in [0.15, 0.2) is 0 Å². The summed E-state index contributed by atoms with van der Waals surface area (Å²) in [7, 11) is 4.05. The van der Waals surface area contributed by atoms with E-state index in [-0.39, 0.29) is 11.6 Å². The van der Waals surface area contributed by atoms with Gasteiger partial charge in [-0.15, -0.1) is 0 Å². The van der Waals surface area contributed by atoms with Crippen molar-refractivity contribution >= 4 is 10.9 Å². The zero-order valence-electron chi connectivity index (χ0n) is 13.0. The lowest BCUT2D eigenvalue weighted by Gasteiger charge is -2.22. The number of hydrogen-bond acceptors (Lipinski definition) is 3. The average Bonchev–Trinajstić information content (AvgIpc) is 2.41. The predicted molar refractivity (Wildman–Crippen MR) is 83.4 cm³/mol. The van der Waals surface area contributed by atoms with Gasteiger partial charge < -0.3 is 4.90 Å². The molecular formula is C16H23N3O. The molecule has 2 rings (SSSR count). The Bertz CT molecular complexity index is 673. The van der Waals surface area contributed by atoms with Crippen molar-refractivity contribution in [2.75, 3.05) is 20.6 Å². The van der Waals surface area contributed by atoms with E-state index < -0.39 is 0 Å². The first-order valence-electron chi connectivity index (χ1n) is 7.07. The average molecular weight is 273 g/mol. The number of aromatic nitrogens is 2. The van der Waals surface area contributed by atoms with Gasteiger partial charge in [0.1, 0.15) is 0 Å². The number of fused-ring (bicyclic) bond motifs is 1. The maximum absolute atomic E-state index is 12.7. The minimum atomic E-state index is 0.0619. The molecule has 0 saturated heterocycles. The van der Waals surface area contributed by atoms with Gasteiger partial charge >= 0.3 is 0 Å². The number of nitrogens with zero attached hydrogens (tertiary/aromatic N) is 3. The maximum Gasteiger partial charge on any atom is 0.261 e. The molecule has 4 heteroatoms. The van der Waals surface area contributed by atoms with E-state index >= 15 is 0 Å². The molecule has 4 nitrogen and oxygen atoms in total.